The van der Waals surface area contributed by atoms with Gasteiger partial charge in [0.1, 0.15) is 0 Å². The van der Waals surface area contributed by atoms with Gasteiger partial charge in [-0.3, -0.25) is 0 Å². The summed E-state index contributed by atoms with van der Waals surface area (Å²) in [6.07, 6.45) is 2.40. The second kappa shape index (κ2) is 5.59. The van der Waals surface area contributed by atoms with Crippen LogP contribution < -0.4 is 3.58 Å². The van der Waals surface area contributed by atoms with Crippen LogP contribution in [0.1, 0.15) is 22.3 Å². The summed E-state index contributed by atoms with van der Waals surface area (Å²) in [7, 11) is 4.00. The monoisotopic (exact) mass is 478 g/mol. The Bertz CT molecular complexity index is 1290. The van der Waals surface area contributed by atoms with Gasteiger partial charge in [-0.2, -0.15) is 0 Å². The summed E-state index contributed by atoms with van der Waals surface area (Å²) in [4.78, 5) is 5.49. The SMILES string of the molecule is [CH3][Sn][c]1ccc2c3c4c(c5cc(C)c(C)cc5c5c4c(c2c1)SS5)CC3. The Morgan fingerprint density at radius 1 is 0.731 bits per heavy atom. The fraction of sp³-hybridized carbons (Fsp3) is 0.217. The summed E-state index contributed by atoms with van der Waals surface area (Å²) in [5.74, 6) is 0. The molecule has 2 aliphatic rings. The first-order valence-corrected chi connectivity index (χ1v) is 15.6. The molecule has 0 atom stereocenters. The van der Waals surface area contributed by atoms with Crippen molar-refractivity contribution in [3.8, 4) is 0 Å². The van der Waals surface area contributed by atoms with Gasteiger partial charge in [0, 0.05) is 0 Å². The van der Waals surface area contributed by atoms with Crippen LogP contribution in [0, 0.1) is 13.8 Å². The molecule has 3 heteroatoms. The first kappa shape index (κ1) is 16.1. The summed E-state index contributed by atoms with van der Waals surface area (Å²) in [5, 5.41) is 9.22. The second-order valence-corrected chi connectivity index (χ2v) is 12.7. The third-order valence-electron chi connectivity index (χ3n) is 6.22. The van der Waals surface area contributed by atoms with E-state index in [1.54, 1.807) is 25.5 Å². The summed E-state index contributed by atoms with van der Waals surface area (Å²) in [6, 6.07) is 12.3. The van der Waals surface area contributed by atoms with Crippen molar-refractivity contribution in [2.75, 3.05) is 0 Å². The topological polar surface area (TPSA) is 0 Å². The fourth-order valence-electron chi connectivity index (χ4n) is 4.78. The molecular weight excluding hydrogens is 459 g/mol. The summed E-state index contributed by atoms with van der Waals surface area (Å²) < 4.78 is 1.62. The normalized spacial score (nSPS) is 15.0. The van der Waals surface area contributed by atoms with Gasteiger partial charge < -0.3 is 0 Å². The third-order valence-corrected chi connectivity index (χ3v) is 11.3. The zero-order valence-electron chi connectivity index (χ0n) is 15.1. The number of benzene rings is 4. The van der Waals surface area contributed by atoms with Crippen molar-refractivity contribution in [3.05, 3.63) is 52.6 Å². The predicted octanol–water partition coefficient (Wildman–Crippen LogP) is 6.35. The Labute approximate surface area is 171 Å². The molecule has 0 saturated carbocycles. The standard InChI is InChI=1S/C22H15S2.CH3.Sn/c1-11-9-17-15-8-7-14-13-5-3-4-6-16(13)21-20(19(14)15)22(24-23-21)18(17)10-12(11)2;;/h3,5-6,9-10H,7-8H2,1-2H3;1H3;. The van der Waals surface area contributed by atoms with Crippen LogP contribution in [-0.2, 0) is 12.8 Å². The Kier molecular flexibility index (Phi) is 3.47. The molecule has 0 spiro atoms. The molecular formula is C23H18S2Sn. The molecule has 1 aliphatic carbocycles. The number of fused-ring (bicyclic) bond motifs is 6. The molecule has 0 amide bonds. The Hall–Kier alpha value is -0.841. The molecule has 4 aromatic carbocycles. The second-order valence-electron chi connectivity index (χ2n) is 7.52. The van der Waals surface area contributed by atoms with E-state index in [0.717, 1.165) is 0 Å². The minimum atomic E-state index is -0.395. The molecule has 0 N–H and O–H groups in total. The van der Waals surface area contributed by atoms with Crippen LogP contribution in [0.4, 0.5) is 0 Å². The van der Waals surface area contributed by atoms with Crippen LogP contribution in [0.3, 0.4) is 0 Å². The van der Waals surface area contributed by atoms with Gasteiger partial charge in [0.25, 0.3) is 0 Å². The molecule has 2 radical (unpaired) electrons. The van der Waals surface area contributed by atoms with Crippen molar-refractivity contribution in [1.29, 1.82) is 0 Å². The molecule has 26 heavy (non-hydrogen) atoms. The van der Waals surface area contributed by atoms with Crippen LogP contribution in [0.25, 0.3) is 32.3 Å². The van der Waals surface area contributed by atoms with Gasteiger partial charge >= 0.3 is 173 Å². The molecule has 0 unspecified atom stereocenters. The van der Waals surface area contributed by atoms with Crippen molar-refractivity contribution in [3.63, 3.8) is 0 Å². The zero-order chi connectivity index (χ0) is 17.6. The van der Waals surface area contributed by atoms with E-state index in [0.29, 0.717) is 0 Å². The first-order chi connectivity index (χ1) is 12.7. The van der Waals surface area contributed by atoms with E-state index in [2.05, 4.69) is 49.1 Å². The quantitative estimate of drug-likeness (QED) is 0.178. The van der Waals surface area contributed by atoms with Crippen molar-refractivity contribution in [2.24, 2.45) is 0 Å². The van der Waals surface area contributed by atoms with E-state index >= 15 is 0 Å². The number of hydrogen-bond donors (Lipinski definition) is 0. The molecule has 126 valence electrons. The van der Waals surface area contributed by atoms with E-state index in [9.17, 15) is 0 Å². The van der Waals surface area contributed by atoms with Gasteiger partial charge in [-0.05, 0) is 0 Å². The van der Waals surface area contributed by atoms with Gasteiger partial charge in [-0.1, -0.05) is 0 Å². The maximum atomic E-state index is 2.53. The van der Waals surface area contributed by atoms with Gasteiger partial charge in [-0.25, -0.2) is 0 Å². The van der Waals surface area contributed by atoms with Gasteiger partial charge in [0.15, 0.2) is 0 Å². The number of rotatable bonds is 1. The van der Waals surface area contributed by atoms with Gasteiger partial charge in [0.2, 0.25) is 0 Å². The summed E-state index contributed by atoms with van der Waals surface area (Å²) in [6.45, 7) is 4.51. The van der Waals surface area contributed by atoms with Gasteiger partial charge in [0.05, 0.1) is 0 Å². The maximum absolute atomic E-state index is 2.53. The summed E-state index contributed by atoms with van der Waals surface area (Å²) in [5.41, 5.74) is 6.06. The molecule has 4 aromatic rings. The predicted molar refractivity (Wildman–Crippen MR) is 119 cm³/mol. The molecule has 0 saturated heterocycles. The molecule has 0 aromatic heterocycles. The Morgan fingerprint density at radius 3 is 2.04 bits per heavy atom. The molecule has 0 nitrogen and oxygen atoms in total. The zero-order valence-corrected chi connectivity index (χ0v) is 19.6. The van der Waals surface area contributed by atoms with E-state index in [1.807, 2.05) is 21.6 Å². The van der Waals surface area contributed by atoms with Gasteiger partial charge in [-0.15, -0.1) is 0 Å². The summed E-state index contributed by atoms with van der Waals surface area (Å²) >= 11 is -0.395. The van der Waals surface area contributed by atoms with Crippen molar-refractivity contribution in [2.45, 2.75) is 41.4 Å². The molecule has 0 bridgehead atoms. The van der Waals surface area contributed by atoms with E-state index in [4.69, 9.17) is 0 Å². The molecule has 0 fully saturated rings. The van der Waals surface area contributed by atoms with E-state index in [1.165, 1.54) is 55.3 Å². The first-order valence-electron chi connectivity index (χ1n) is 9.17. The Balaban J connectivity index is 1.90. The molecule has 6 rings (SSSR count). The average molecular weight is 477 g/mol. The van der Waals surface area contributed by atoms with Crippen molar-refractivity contribution >= 4 is 78.6 Å². The van der Waals surface area contributed by atoms with Crippen LogP contribution in [0.5, 0.6) is 0 Å². The molecule has 1 aliphatic heterocycles. The number of hydrogen-bond acceptors (Lipinski definition) is 2. The minimum absolute atomic E-state index is 0.395. The number of aryl methyl sites for hydroxylation is 4. The third kappa shape index (κ3) is 1.96. The molecule has 1 heterocycles. The van der Waals surface area contributed by atoms with Crippen molar-refractivity contribution in [1.82, 2.24) is 0 Å². The van der Waals surface area contributed by atoms with Crippen LogP contribution in [0.15, 0.2) is 40.1 Å². The fourth-order valence-corrected chi connectivity index (χ4v) is 9.18. The Morgan fingerprint density at radius 2 is 1.35 bits per heavy atom. The van der Waals surface area contributed by atoms with Crippen LogP contribution in [-0.4, -0.2) is 21.1 Å². The van der Waals surface area contributed by atoms with E-state index in [-0.39, 0.29) is 0 Å². The van der Waals surface area contributed by atoms with Crippen LogP contribution in [0.2, 0.25) is 4.94 Å². The van der Waals surface area contributed by atoms with Crippen molar-refractivity contribution < 1.29 is 0 Å². The van der Waals surface area contributed by atoms with E-state index < -0.39 is 21.1 Å². The van der Waals surface area contributed by atoms with Crippen LogP contribution >= 0.6 is 21.6 Å². The average Bonchev–Trinajstić information content (AvgIpc) is 3.27.